The first-order valence-electron chi connectivity index (χ1n) is 7.15. The highest BCUT2D eigenvalue weighted by Crippen LogP contribution is 2.38. The van der Waals surface area contributed by atoms with E-state index < -0.39 is 9.04 Å². The van der Waals surface area contributed by atoms with Gasteiger partial charge in [-0.3, -0.25) is 0 Å². The molecule has 1 atom stereocenters. The van der Waals surface area contributed by atoms with Crippen molar-refractivity contribution in [3.8, 4) is 0 Å². The van der Waals surface area contributed by atoms with Crippen LogP contribution in [0.1, 0.15) is 58.2 Å². The molecule has 5 heteroatoms. The van der Waals surface area contributed by atoms with Crippen molar-refractivity contribution in [1.29, 1.82) is 0 Å². The van der Waals surface area contributed by atoms with E-state index in [9.17, 15) is 0 Å². The lowest BCUT2D eigenvalue weighted by molar-refractivity contribution is 0.0831. The zero-order chi connectivity index (χ0) is 14.6. The second-order valence-corrected chi connectivity index (χ2v) is 9.15. The molecule has 1 rings (SSSR count). The highest BCUT2D eigenvalue weighted by Gasteiger charge is 2.31. The summed E-state index contributed by atoms with van der Waals surface area (Å²) >= 11 is 6.30. The second kappa shape index (κ2) is 6.91. The molecule has 19 heavy (non-hydrogen) atoms. The van der Waals surface area contributed by atoms with E-state index in [0.29, 0.717) is 5.15 Å². The molecule has 0 aliphatic rings. The molecule has 110 valence electrons. The van der Waals surface area contributed by atoms with Crippen LogP contribution in [-0.2, 0) is 10.8 Å². The molecule has 0 fully saturated rings. The van der Waals surface area contributed by atoms with Crippen molar-refractivity contribution in [2.24, 2.45) is 5.41 Å². The fraction of sp³-hybridized carbons (Fsp3) is 0.786. The molecule has 1 aromatic rings. The number of hydrogen-bond donors (Lipinski definition) is 1. The van der Waals surface area contributed by atoms with Crippen LogP contribution in [-0.4, -0.2) is 19.0 Å². The first-order chi connectivity index (χ1) is 8.75. The van der Waals surface area contributed by atoms with Crippen LogP contribution in [0.4, 0.5) is 0 Å². The third-order valence-electron chi connectivity index (χ3n) is 2.96. The van der Waals surface area contributed by atoms with Crippen molar-refractivity contribution in [2.45, 2.75) is 66.2 Å². The smallest absolute Gasteiger partial charge is 0.171 e. The van der Waals surface area contributed by atoms with Gasteiger partial charge < -0.3 is 9.41 Å². The molecule has 0 saturated carbocycles. The lowest BCUT2D eigenvalue weighted by atomic mass is 9.87. The molecule has 0 bridgehead atoms. The summed E-state index contributed by atoms with van der Waals surface area (Å²) in [6, 6.07) is 0. The topological polar surface area (TPSA) is 37.9 Å². The minimum atomic E-state index is -1.14. The lowest BCUT2D eigenvalue weighted by Gasteiger charge is -2.31. The Labute approximate surface area is 123 Å². The summed E-state index contributed by atoms with van der Waals surface area (Å²) < 4.78 is 6.18. The van der Waals surface area contributed by atoms with Gasteiger partial charge in [0.15, 0.2) is 14.2 Å². The van der Waals surface area contributed by atoms with Gasteiger partial charge in [-0.15, -0.1) is 0 Å². The van der Waals surface area contributed by atoms with Crippen LogP contribution in [0.15, 0.2) is 0 Å². The van der Waals surface area contributed by atoms with Gasteiger partial charge in [0.1, 0.15) is 5.82 Å². The van der Waals surface area contributed by atoms with Gasteiger partial charge in [-0.25, -0.2) is 4.98 Å². The predicted molar refractivity (Wildman–Crippen MR) is 84.4 cm³/mol. The zero-order valence-corrected chi connectivity index (χ0v) is 14.9. The van der Waals surface area contributed by atoms with E-state index in [2.05, 4.69) is 50.8 Å². The maximum atomic E-state index is 6.30. The number of unbranched alkanes of at least 4 members (excludes halogenated alkanes) is 1. The fourth-order valence-electron chi connectivity index (χ4n) is 2.03. The third kappa shape index (κ3) is 4.93. The van der Waals surface area contributed by atoms with E-state index in [0.717, 1.165) is 30.8 Å². The lowest BCUT2D eigenvalue weighted by Crippen LogP contribution is -2.26. The van der Waals surface area contributed by atoms with Gasteiger partial charge in [-0.1, -0.05) is 45.7 Å². The molecule has 1 heterocycles. The molecule has 1 unspecified atom stereocenters. The van der Waals surface area contributed by atoms with Gasteiger partial charge in [0.05, 0.1) is 11.8 Å². The van der Waals surface area contributed by atoms with Crippen LogP contribution in [0.3, 0.4) is 0 Å². The van der Waals surface area contributed by atoms with Gasteiger partial charge in [0, 0.05) is 6.42 Å². The number of aromatic amines is 1. The van der Waals surface area contributed by atoms with Gasteiger partial charge in [-0.2, -0.15) is 0 Å². The summed E-state index contributed by atoms with van der Waals surface area (Å²) in [6.45, 7) is 13.1. The van der Waals surface area contributed by atoms with Gasteiger partial charge in [-0.05, 0) is 24.9 Å². The van der Waals surface area contributed by atoms with Crippen molar-refractivity contribution in [2.75, 3.05) is 0 Å². The van der Waals surface area contributed by atoms with Crippen LogP contribution >= 0.6 is 11.6 Å². The highest BCUT2D eigenvalue weighted by atomic mass is 35.5. The van der Waals surface area contributed by atoms with E-state index in [-0.39, 0.29) is 11.5 Å². The van der Waals surface area contributed by atoms with Crippen molar-refractivity contribution < 1.29 is 4.43 Å². The van der Waals surface area contributed by atoms with E-state index in [1.165, 1.54) is 0 Å². The Morgan fingerprint density at radius 2 is 2.00 bits per heavy atom. The Bertz CT molecular complexity index is 399. The Hall–Kier alpha value is -0.323. The SMILES string of the molecule is CCCCc1nc(Cl)c(C(O[SiH](C)C)C(C)(C)C)[nH]1. The number of imidazole rings is 1. The summed E-state index contributed by atoms with van der Waals surface area (Å²) in [4.78, 5) is 7.82. The molecule has 1 aromatic heterocycles. The molecule has 0 aromatic carbocycles. The van der Waals surface area contributed by atoms with Crippen molar-refractivity contribution in [1.82, 2.24) is 9.97 Å². The molecule has 0 spiro atoms. The Morgan fingerprint density at radius 3 is 2.47 bits per heavy atom. The number of rotatable bonds is 6. The molecule has 0 aliphatic heterocycles. The average molecular weight is 303 g/mol. The van der Waals surface area contributed by atoms with Crippen LogP contribution in [0, 0.1) is 5.41 Å². The zero-order valence-electron chi connectivity index (χ0n) is 13.0. The van der Waals surface area contributed by atoms with E-state index in [1.54, 1.807) is 0 Å². The summed E-state index contributed by atoms with van der Waals surface area (Å²) in [5, 5.41) is 0.570. The summed E-state index contributed by atoms with van der Waals surface area (Å²) in [5.74, 6) is 0.977. The van der Waals surface area contributed by atoms with E-state index >= 15 is 0 Å². The van der Waals surface area contributed by atoms with Gasteiger partial charge in [0.2, 0.25) is 0 Å². The largest absolute Gasteiger partial charge is 0.412 e. The normalized spacial score (nSPS) is 14.1. The molecule has 0 amide bonds. The maximum Gasteiger partial charge on any atom is 0.171 e. The monoisotopic (exact) mass is 302 g/mol. The molecule has 0 saturated heterocycles. The highest BCUT2D eigenvalue weighted by molar-refractivity contribution is 6.48. The van der Waals surface area contributed by atoms with Crippen molar-refractivity contribution in [3.63, 3.8) is 0 Å². The van der Waals surface area contributed by atoms with Gasteiger partial charge >= 0.3 is 0 Å². The van der Waals surface area contributed by atoms with E-state index in [4.69, 9.17) is 16.0 Å². The molecular weight excluding hydrogens is 276 g/mol. The summed E-state index contributed by atoms with van der Waals surface area (Å²) in [5.41, 5.74) is 0.955. The van der Waals surface area contributed by atoms with Gasteiger partial charge in [0.25, 0.3) is 0 Å². The minimum Gasteiger partial charge on any atom is -0.412 e. The summed E-state index contributed by atoms with van der Waals surface area (Å²) in [7, 11) is -1.14. The number of nitrogens with zero attached hydrogens (tertiary/aromatic N) is 1. The molecule has 0 radical (unpaired) electrons. The van der Waals surface area contributed by atoms with Crippen LogP contribution in [0.25, 0.3) is 0 Å². The number of halogens is 1. The molecule has 1 N–H and O–H groups in total. The van der Waals surface area contributed by atoms with Crippen LogP contribution in [0.2, 0.25) is 18.2 Å². The van der Waals surface area contributed by atoms with Crippen molar-refractivity contribution in [3.05, 3.63) is 16.7 Å². The Kier molecular flexibility index (Phi) is 6.08. The molecule has 0 aliphatic carbocycles. The number of hydrogen-bond acceptors (Lipinski definition) is 2. The second-order valence-electron chi connectivity index (χ2n) is 6.42. The summed E-state index contributed by atoms with van der Waals surface area (Å²) in [6.07, 6.45) is 3.23. The first kappa shape index (κ1) is 16.7. The van der Waals surface area contributed by atoms with E-state index in [1.807, 2.05) is 0 Å². The predicted octanol–water partition coefficient (Wildman–Crippen LogP) is 4.49. The van der Waals surface area contributed by atoms with Crippen LogP contribution in [0.5, 0.6) is 0 Å². The Balaban J connectivity index is 2.98. The standard InChI is InChI=1S/C14H27ClN2OSi/c1-7-8-9-10-16-11(13(15)17-10)12(14(2,3)4)18-19(5)6/h12,19H,7-9H2,1-6H3,(H,16,17). The quantitative estimate of drug-likeness (QED) is 0.786. The van der Waals surface area contributed by atoms with Crippen LogP contribution < -0.4 is 0 Å². The fourth-order valence-corrected chi connectivity index (χ4v) is 3.36. The maximum absolute atomic E-state index is 6.30. The number of aromatic nitrogens is 2. The van der Waals surface area contributed by atoms with Crippen molar-refractivity contribution >= 4 is 20.6 Å². The molecular formula is C14H27ClN2OSi. The average Bonchev–Trinajstić information content (AvgIpc) is 2.62. The molecule has 3 nitrogen and oxygen atoms in total. The number of nitrogens with one attached hydrogen (secondary N) is 1. The Morgan fingerprint density at radius 1 is 1.37 bits per heavy atom. The third-order valence-corrected chi connectivity index (χ3v) is 4.06. The first-order valence-corrected chi connectivity index (χ1v) is 10.3. The minimum absolute atomic E-state index is 0.00505. The number of H-pyrrole nitrogens is 1. The number of aryl methyl sites for hydroxylation is 1.